The Labute approximate surface area is 94.5 Å². The van der Waals surface area contributed by atoms with Crippen LogP contribution in [0.1, 0.15) is 20.8 Å². The molecule has 16 heavy (non-hydrogen) atoms. The van der Waals surface area contributed by atoms with E-state index in [1.54, 1.807) is 6.07 Å². The first-order valence-corrected chi connectivity index (χ1v) is 5.06. The summed E-state index contributed by atoms with van der Waals surface area (Å²) < 4.78 is 13.1. The van der Waals surface area contributed by atoms with Crippen LogP contribution in [0.4, 0.5) is 10.1 Å². The van der Waals surface area contributed by atoms with Gasteiger partial charge in [0.1, 0.15) is 12.4 Å². The van der Waals surface area contributed by atoms with Crippen molar-refractivity contribution in [1.82, 2.24) is 0 Å². The Hall–Kier alpha value is -1.42. The summed E-state index contributed by atoms with van der Waals surface area (Å²) in [5, 5.41) is 8.91. The highest BCUT2D eigenvalue weighted by Crippen LogP contribution is 2.24. The average molecular weight is 225 g/mol. The maximum Gasteiger partial charge on any atom is 0.253 e. The summed E-state index contributed by atoms with van der Waals surface area (Å²) in [7, 11) is 0. The lowest BCUT2D eigenvalue weighted by Crippen LogP contribution is -2.47. The first-order chi connectivity index (χ1) is 7.36. The number of nitrogens with zero attached hydrogens (tertiary/aromatic N) is 1. The molecule has 0 aliphatic heterocycles. The van der Waals surface area contributed by atoms with E-state index in [1.807, 2.05) is 20.8 Å². The highest BCUT2D eigenvalue weighted by Gasteiger charge is 2.27. The monoisotopic (exact) mass is 225 g/mol. The average Bonchev–Trinajstić information content (AvgIpc) is 2.15. The molecule has 0 aliphatic carbocycles. The van der Waals surface area contributed by atoms with Gasteiger partial charge < -0.3 is 10.0 Å². The van der Waals surface area contributed by atoms with Crippen molar-refractivity contribution in [2.24, 2.45) is 0 Å². The zero-order valence-electron chi connectivity index (χ0n) is 9.70. The largest absolute Gasteiger partial charge is 0.387 e. The molecule has 0 heterocycles. The lowest BCUT2D eigenvalue weighted by atomic mass is 10.0. The molecule has 1 N–H and O–H groups in total. The number of benzene rings is 1. The number of aliphatic hydroxyl groups excluding tert-OH is 1. The van der Waals surface area contributed by atoms with Crippen molar-refractivity contribution in [3.8, 4) is 0 Å². The normalized spacial score (nSPS) is 11.3. The number of hydrogen-bond donors (Lipinski definition) is 1. The van der Waals surface area contributed by atoms with Gasteiger partial charge >= 0.3 is 0 Å². The number of carbonyl (C=O) groups is 1. The molecule has 0 unspecified atom stereocenters. The van der Waals surface area contributed by atoms with Crippen LogP contribution in [0.15, 0.2) is 24.3 Å². The van der Waals surface area contributed by atoms with E-state index in [0.717, 1.165) is 0 Å². The highest BCUT2D eigenvalue weighted by atomic mass is 19.1. The molecule has 0 spiro atoms. The summed E-state index contributed by atoms with van der Waals surface area (Å²) in [5.74, 6) is -0.851. The van der Waals surface area contributed by atoms with Crippen LogP contribution in [0, 0.1) is 5.82 Å². The second-order valence-corrected chi connectivity index (χ2v) is 4.54. The Kier molecular flexibility index (Phi) is 3.65. The maximum atomic E-state index is 13.1. The smallest absolute Gasteiger partial charge is 0.253 e. The van der Waals surface area contributed by atoms with Crippen LogP contribution in [0.5, 0.6) is 0 Å². The van der Waals surface area contributed by atoms with Crippen LogP contribution in [0.3, 0.4) is 0 Å². The van der Waals surface area contributed by atoms with Gasteiger partial charge in [0.25, 0.3) is 5.91 Å². The molecule has 0 saturated carbocycles. The van der Waals surface area contributed by atoms with E-state index in [-0.39, 0.29) is 0 Å². The van der Waals surface area contributed by atoms with E-state index in [1.165, 1.54) is 23.1 Å². The molecule has 0 fully saturated rings. The molecule has 0 saturated heterocycles. The minimum atomic E-state index is -0.590. The van der Waals surface area contributed by atoms with Crippen LogP contribution in [-0.2, 0) is 4.79 Å². The van der Waals surface area contributed by atoms with E-state index in [0.29, 0.717) is 5.69 Å². The fraction of sp³-hybridized carbons (Fsp3) is 0.417. The first-order valence-electron chi connectivity index (χ1n) is 5.06. The highest BCUT2D eigenvalue weighted by molar-refractivity contribution is 5.95. The third-order valence-electron chi connectivity index (χ3n) is 2.12. The van der Waals surface area contributed by atoms with Crippen molar-refractivity contribution < 1.29 is 14.3 Å². The molecular weight excluding hydrogens is 209 g/mol. The fourth-order valence-corrected chi connectivity index (χ4v) is 1.59. The predicted octanol–water partition coefficient (Wildman–Crippen LogP) is 1.95. The van der Waals surface area contributed by atoms with Crippen LogP contribution >= 0.6 is 0 Å². The Balaban J connectivity index is 3.17. The number of carbonyl (C=O) groups excluding carboxylic acids is 1. The molecule has 1 aromatic rings. The Morgan fingerprint density at radius 1 is 1.44 bits per heavy atom. The summed E-state index contributed by atoms with van der Waals surface area (Å²) in [6.07, 6.45) is 0. The topological polar surface area (TPSA) is 40.5 Å². The molecule has 0 radical (unpaired) electrons. The van der Waals surface area contributed by atoms with Crippen molar-refractivity contribution in [1.29, 1.82) is 0 Å². The molecule has 1 rings (SSSR count). The van der Waals surface area contributed by atoms with Gasteiger partial charge in [-0.3, -0.25) is 4.79 Å². The lowest BCUT2D eigenvalue weighted by Gasteiger charge is -2.35. The second kappa shape index (κ2) is 4.61. The van der Waals surface area contributed by atoms with Crippen molar-refractivity contribution in [3.63, 3.8) is 0 Å². The van der Waals surface area contributed by atoms with Gasteiger partial charge in [-0.1, -0.05) is 6.07 Å². The predicted molar refractivity (Wildman–Crippen MR) is 60.7 cm³/mol. The standard InChI is InChI=1S/C12H16FNO2/c1-12(2,3)14(11(16)8-15)10-6-4-5-9(13)7-10/h4-7,15H,8H2,1-3H3. The van der Waals surface area contributed by atoms with Crippen LogP contribution in [0.2, 0.25) is 0 Å². The van der Waals surface area contributed by atoms with Crippen LogP contribution in [-0.4, -0.2) is 23.2 Å². The Morgan fingerprint density at radius 2 is 2.06 bits per heavy atom. The molecule has 88 valence electrons. The number of amides is 1. The zero-order valence-corrected chi connectivity index (χ0v) is 9.70. The van der Waals surface area contributed by atoms with E-state index < -0.39 is 23.9 Å². The third-order valence-corrected chi connectivity index (χ3v) is 2.12. The van der Waals surface area contributed by atoms with Crippen LogP contribution in [0.25, 0.3) is 0 Å². The molecule has 0 aromatic heterocycles. The van der Waals surface area contributed by atoms with Gasteiger partial charge in [-0.25, -0.2) is 4.39 Å². The summed E-state index contributed by atoms with van der Waals surface area (Å²) in [6.45, 7) is 4.89. The van der Waals surface area contributed by atoms with Crippen LogP contribution < -0.4 is 4.90 Å². The number of anilines is 1. The second-order valence-electron chi connectivity index (χ2n) is 4.54. The number of hydrogen-bond acceptors (Lipinski definition) is 2. The quantitative estimate of drug-likeness (QED) is 0.835. The zero-order chi connectivity index (χ0) is 12.3. The van der Waals surface area contributed by atoms with Crippen molar-refractivity contribution in [2.75, 3.05) is 11.5 Å². The van der Waals surface area contributed by atoms with Gasteiger partial charge in [0.15, 0.2) is 0 Å². The summed E-state index contributed by atoms with van der Waals surface area (Å²) in [5.41, 5.74) is -0.0558. The van der Waals surface area contributed by atoms with Crippen molar-refractivity contribution in [2.45, 2.75) is 26.3 Å². The molecular formula is C12H16FNO2. The summed E-state index contributed by atoms with van der Waals surface area (Å²) >= 11 is 0. The number of halogens is 1. The minimum Gasteiger partial charge on any atom is -0.387 e. The summed E-state index contributed by atoms with van der Waals surface area (Å²) in [4.78, 5) is 13.0. The molecule has 0 aliphatic rings. The fourth-order valence-electron chi connectivity index (χ4n) is 1.59. The molecule has 4 heteroatoms. The Morgan fingerprint density at radius 3 is 2.50 bits per heavy atom. The van der Waals surface area contributed by atoms with E-state index in [9.17, 15) is 9.18 Å². The maximum absolute atomic E-state index is 13.1. The van der Waals surface area contributed by atoms with Gasteiger partial charge in [0.2, 0.25) is 0 Å². The van der Waals surface area contributed by atoms with Crippen molar-refractivity contribution in [3.05, 3.63) is 30.1 Å². The minimum absolute atomic E-state index is 0.405. The molecule has 0 bridgehead atoms. The van der Waals surface area contributed by atoms with Gasteiger partial charge in [-0.15, -0.1) is 0 Å². The molecule has 0 atom stereocenters. The van der Waals surface area contributed by atoms with Gasteiger partial charge in [-0.05, 0) is 39.0 Å². The first kappa shape index (κ1) is 12.6. The van der Waals surface area contributed by atoms with Crippen molar-refractivity contribution >= 4 is 11.6 Å². The molecule has 3 nitrogen and oxygen atoms in total. The number of rotatable bonds is 2. The Bertz CT molecular complexity index is 385. The molecule has 1 aromatic carbocycles. The van der Waals surface area contributed by atoms with Gasteiger partial charge in [-0.2, -0.15) is 0 Å². The molecule has 1 amide bonds. The SMILES string of the molecule is CC(C)(C)N(C(=O)CO)c1cccc(F)c1. The third kappa shape index (κ3) is 2.79. The van der Waals surface area contributed by atoms with Gasteiger partial charge in [0.05, 0.1) is 0 Å². The van der Waals surface area contributed by atoms with E-state index in [2.05, 4.69) is 0 Å². The van der Waals surface area contributed by atoms with E-state index >= 15 is 0 Å². The van der Waals surface area contributed by atoms with Gasteiger partial charge in [0, 0.05) is 11.2 Å². The summed E-state index contributed by atoms with van der Waals surface area (Å²) in [6, 6.07) is 5.77. The van der Waals surface area contributed by atoms with E-state index in [4.69, 9.17) is 5.11 Å². The lowest BCUT2D eigenvalue weighted by molar-refractivity contribution is -0.122. The number of aliphatic hydroxyl groups is 1.